The molecular formula is C19H14F4N2O5. The van der Waals surface area contributed by atoms with Crippen molar-refractivity contribution >= 4 is 17.8 Å². The van der Waals surface area contributed by atoms with E-state index in [1.54, 1.807) is 0 Å². The summed E-state index contributed by atoms with van der Waals surface area (Å²) in [6.07, 6.45) is -4.74. The molecule has 0 aromatic heterocycles. The fraction of sp³-hybridized carbons (Fsp3) is 0.211. The molecule has 0 aliphatic carbocycles. The van der Waals surface area contributed by atoms with Crippen LogP contribution >= 0.6 is 0 Å². The van der Waals surface area contributed by atoms with Crippen LogP contribution in [0.5, 0.6) is 11.5 Å². The van der Waals surface area contributed by atoms with Crippen molar-refractivity contribution in [1.82, 2.24) is 10.6 Å². The van der Waals surface area contributed by atoms with Gasteiger partial charge >= 0.3 is 12.2 Å². The van der Waals surface area contributed by atoms with Gasteiger partial charge in [0.15, 0.2) is 0 Å². The van der Waals surface area contributed by atoms with Crippen LogP contribution in [0.15, 0.2) is 42.5 Å². The molecule has 1 aliphatic rings. The molecule has 4 amide bonds. The predicted octanol–water partition coefficient (Wildman–Crippen LogP) is 2.93. The number of halogens is 4. The Kier molecular flexibility index (Phi) is 5.38. The number of alkyl halides is 3. The van der Waals surface area contributed by atoms with E-state index in [0.29, 0.717) is 6.07 Å². The lowest BCUT2D eigenvalue weighted by atomic mass is 10.0. The lowest BCUT2D eigenvalue weighted by molar-refractivity contribution is -0.149. The zero-order valence-electron chi connectivity index (χ0n) is 15.3. The summed E-state index contributed by atoms with van der Waals surface area (Å²) in [5.74, 6) is -2.68. The van der Waals surface area contributed by atoms with E-state index < -0.39 is 47.6 Å². The van der Waals surface area contributed by atoms with Gasteiger partial charge in [-0.15, -0.1) is 0 Å². The average molecular weight is 426 g/mol. The molecule has 0 unspecified atom stereocenters. The van der Waals surface area contributed by atoms with Crippen molar-refractivity contribution in [2.24, 2.45) is 0 Å². The zero-order valence-corrected chi connectivity index (χ0v) is 15.3. The van der Waals surface area contributed by atoms with Crippen LogP contribution in [0, 0.1) is 5.82 Å². The molecule has 3 rings (SSSR count). The lowest BCUT2D eigenvalue weighted by Crippen LogP contribution is -2.67. The highest BCUT2D eigenvalue weighted by Crippen LogP contribution is 2.33. The Morgan fingerprint density at radius 2 is 1.50 bits per heavy atom. The van der Waals surface area contributed by atoms with E-state index in [-0.39, 0.29) is 17.1 Å². The molecule has 0 radical (unpaired) electrons. The zero-order chi connectivity index (χ0) is 22.1. The van der Waals surface area contributed by atoms with Crippen molar-refractivity contribution in [1.29, 1.82) is 0 Å². The molecule has 11 heteroatoms. The largest absolute Gasteiger partial charge is 0.489 e. The smallest absolute Gasteiger partial charge is 0.416 e. The highest BCUT2D eigenvalue weighted by molar-refractivity contribution is 6.21. The number of amides is 4. The minimum Gasteiger partial charge on any atom is -0.489 e. The molecule has 158 valence electrons. The summed E-state index contributed by atoms with van der Waals surface area (Å²) in [6.45, 7) is 0.696. The number of hydrogen-bond donors (Lipinski definition) is 2. The standard InChI is InChI=1S/C19H14F4N2O5/c1-18(15(26)24-17(28)25-16(18)27)30-13-6-4-12(5-7-13)29-9-10-2-3-11(20)8-14(10)19(21,22)23/h2-8H,9H2,1H3,(H2,24,25,26,27,28). The van der Waals surface area contributed by atoms with Crippen molar-refractivity contribution in [3.8, 4) is 11.5 Å². The minimum absolute atomic E-state index is 0.0715. The second kappa shape index (κ2) is 7.65. The summed E-state index contributed by atoms with van der Waals surface area (Å²) >= 11 is 0. The molecule has 1 heterocycles. The Bertz CT molecular complexity index is 985. The number of barbiturate groups is 1. The predicted molar refractivity (Wildman–Crippen MR) is 92.9 cm³/mol. The van der Waals surface area contributed by atoms with Crippen LogP contribution in [0.1, 0.15) is 18.1 Å². The molecule has 2 aromatic rings. The van der Waals surface area contributed by atoms with Crippen molar-refractivity contribution in [2.45, 2.75) is 25.3 Å². The first-order valence-electron chi connectivity index (χ1n) is 8.43. The third kappa shape index (κ3) is 4.34. The molecule has 0 saturated carbocycles. The Hall–Kier alpha value is -3.63. The topological polar surface area (TPSA) is 93.7 Å². The first kappa shape index (κ1) is 21.1. The van der Waals surface area contributed by atoms with Crippen LogP contribution in [-0.2, 0) is 22.4 Å². The normalized spacial score (nSPS) is 16.0. The number of rotatable bonds is 5. The van der Waals surface area contributed by atoms with Gasteiger partial charge < -0.3 is 9.47 Å². The van der Waals surface area contributed by atoms with Crippen molar-refractivity contribution in [2.75, 3.05) is 0 Å². The summed E-state index contributed by atoms with van der Waals surface area (Å²) in [4.78, 5) is 35.0. The maximum atomic E-state index is 13.2. The second-order valence-corrected chi connectivity index (χ2v) is 6.43. The van der Waals surface area contributed by atoms with Gasteiger partial charge in [0.25, 0.3) is 17.4 Å². The van der Waals surface area contributed by atoms with Gasteiger partial charge in [0.2, 0.25) is 0 Å². The number of urea groups is 1. The second-order valence-electron chi connectivity index (χ2n) is 6.43. The van der Waals surface area contributed by atoms with E-state index in [0.717, 1.165) is 12.1 Å². The summed E-state index contributed by atoms with van der Waals surface area (Å²) in [7, 11) is 0. The fourth-order valence-electron chi connectivity index (χ4n) is 2.61. The molecule has 1 fully saturated rings. The number of carbonyl (C=O) groups excluding carboxylic acids is 3. The SMILES string of the molecule is CC1(Oc2ccc(OCc3ccc(F)cc3C(F)(F)F)cc2)C(=O)NC(=O)NC1=O. The van der Waals surface area contributed by atoms with E-state index in [1.165, 1.54) is 31.2 Å². The van der Waals surface area contributed by atoms with Crippen molar-refractivity contribution in [3.05, 3.63) is 59.4 Å². The third-order valence-electron chi connectivity index (χ3n) is 4.24. The van der Waals surface area contributed by atoms with Gasteiger partial charge in [-0.05, 0) is 43.3 Å². The van der Waals surface area contributed by atoms with Gasteiger partial charge in [0, 0.05) is 5.56 Å². The van der Waals surface area contributed by atoms with Gasteiger partial charge in [-0.2, -0.15) is 13.2 Å². The maximum absolute atomic E-state index is 13.2. The summed E-state index contributed by atoms with van der Waals surface area (Å²) in [5.41, 5.74) is -3.39. The number of nitrogens with one attached hydrogen (secondary N) is 2. The summed E-state index contributed by atoms with van der Waals surface area (Å²) < 4.78 is 62.9. The summed E-state index contributed by atoms with van der Waals surface area (Å²) in [5, 5.41) is 3.83. The molecule has 30 heavy (non-hydrogen) atoms. The monoisotopic (exact) mass is 426 g/mol. The van der Waals surface area contributed by atoms with E-state index in [9.17, 15) is 31.9 Å². The Balaban J connectivity index is 1.70. The van der Waals surface area contributed by atoms with Gasteiger partial charge in [-0.3, -0.25) is 20.2 Å². The molecule has 0 bridgehead atoms. The molecule has 2 aromatic carbocycles. The number of carbonyl (C=O) groups is 3. The number of imide groups is 2. The first-order valence-corrected chi connectivity index (χ1v) is 8.43. The van der Waals surface area contributed by atoms with E-state index >= 15 is 0 Å². The van der Waals surface area contributed by atoms with Gasteiger partial charge in [-0.25, -0.2) is 9.18 Å². The van der Waals surface area contributed by atoms with Crippen LogP contribution < -0.4 is 20.1 Å². The first-order chi connectivity index (χ1) is 14.0. The Morgan fingerprint density at radius 3 is 2.07 bits per heavy atom. The van der Waals surface area contributed by atoms with E-state index in [2.05, 4.69) is 0 Å². The number of ether oxygens (including phenoxy) is 2. The van der Waals surface area contributed by atoms with Crippen molar-refractivity contribution in [3.63, 3.8) is 0 Å². The average Bonchev–Trinajstić information content (AvgIpc) is 2.66. The molecule has 1 aliphatic heterocycles. The number of benzene rings is 2. The minimum atomic E-state index is -4.74. The van der Waals surface area contributed by atoms with Crippen LogP contribution in [-0.4, -0.2) is 23.4 Å². The quantitative estimate of drug-likeness (QED) is 0.567. The molecule has 0 spiro atoms. The lowest BCUT2D eigenvalue weighted by Gasteiger charge is -2.30. The van der Waals surface area contributed by atoms with E-state index in [4.69, 9.17) is 9.47 Å². The van der Waals surface area contributed by atoms with Crippen LogP contribution in [0.2, 0.25) is 0 Å². The highest BCUT2D eigenvalue weighted by atomic mass is 19.4. The van der Waals surface area contributed by atoms with E-state index in [1.807, 2.05) is 10.6 Å². The van der Waals surface area contributed by atoms with Crippen LogP contribution in [0.4, 0.5) is 22.4 Å². The Morgan fingerprint density at radius 1 is 0.933 bits per heavy atom. The van der Waals surface area contributed by atoms with Gasteiger partial charge in [-0.1, -0.05) is 6.07 Å². The maximum Gasteiger partial charge on any atom is 0.416 e. The van der Waals surface area contributed by atoms with Gasteiger partial charge in [0.05, 0.1) is 5.56 Å². The molecule has 2 N–H and O–H groups in total. The molecular weight excluding hydrogens is 412 g/mol. The third-order valence-corrected chi connectivity index (χ3v) is 4.24. The number of hydrogen-bond acceptors (Lipinski definition) is 5. The summed E-state index contributed by atoms with van der Waals surface area (Å²) in [6, 6.07) is 6.66. The fourth-order valence-corrected chi connectivity index (χ4v) is 2.61. The molecule has 7 nitrogen and oxygen atoms in total. The van der Waals surface area contributed by atoms with Crippen LogP contribution in [0.3, 0.4) is 0 Å². The molecule has 1 saturated heterocycles. The Labute approximate surface area is 167 Å². The van der Waals surface area contributed by atoms with Crippen molar-refractivity contribution < 1.29 is 41.4 Å². The van der Waals surface area contributed by atoms with Crippen LogP contribution in [0.25, 0.3) is 0 Å². The van der Waals surface area contributed by atoms with Gasteiger partial charge in [0.1, 0.15) is 23.9 Å². The molecule has 0 atom stereocenters. The highest BCUT2D eigenvalue weighted by Gasteiger charge is 2.49.